The highest BCUT2D eigenvalue weighted by Crippen LogP contribution is 2.38. The molecule has 0 aromatic carbocycles. The number of hydrogen-bond acceptors (Lipinski definition) is 3. The quantitative estimate of drug-likeness (QED) is 0.819. The van der Waals surface area contributed by atoms with E-state index in [9.17, 15) is 4.79 Å². The van der Waals surface area contributed by atoms with Crippen LogP contribution in [0.4, 0.5) is 5.13 Å². The summed E-state index contributed by atoms with van der Waals surface area (Å²) < 4.78 is 0. The summed E-state index contributed by atoms with van der Waals surface area (Å²) in [5.74, 6) is 0.397. The van der Waals surface area contributed by atoms with Crippen LogP contribution in [0.3, 0.4) is 0 Å². The van der Waals surface area contributed by atoms with E-state index in [1.807, 2.05) is 0 Å². The highest BCUT2D eigenvalue weighted by molar-refractivity contribution is 7.15. The van der Waals surface area contributed by atoms with Crippen LogP contribution in [0, 0.1) is 0 Å². The Bertz CT molecular complexity index is 411. The van der Waals surface area contributed by atoms with E-state index in [0.29, 0.717) is 5.92 Å². The lowest BCUT2D eigenvalue weighted by Gasteiger charge is -2.18. The lowest BCUT2D eigenvalue weighted by Crippen LogP contribution is -2.09. The Morgan fingerprint density at radius 3 is 3.25 bits per heavy atom. The maximum atomic E-state index is 11.2. The summed E-state index contributed by atoms with van der Waals surface area (Å²) in [7, 11) is 0. The highest BCUT2D eigenvalue weighted by Gasteiger charge is 2.23. The molecule has 0 bridgehead atoms. The molecule has 0 aliphatic heterocycles. The number of aryl methyl sites for hydroxylation is 1. The van der Waals surface area contributed by atoms with E-state index in [-0.39, 0.29) is 5.91 Å². The summed E-state index contributed by atoms with van der Waals surface area (Å²) in [5, 5.41) is 3.46. The molecule has 1 aliphatic rings. The molecule has 86 valence electrons. The van der Waals surface area contributed by atoms with Gasteiger partial charge in [-0.1, -0.05) is 13.5 Å². The number of thiazole rings is 1. The molecule has 1 aliphatic carbocycles. The van der Waals surface area contributed by atoms with Gasteiger partial charge in [0, 0.05) is 10.8 Å². The van der Waals surface area contributed by atoms with Crippen molar-refractivity contribution >= 4 is 22.4 Å². The van der Waals surface area contributed by atoms with Crippen LogP contribution in [0.2, 0.25) is 0 Å². The van der Waals surface area contributed by atoms with Gasteiger partial charge in [0.25, 0.3) is 0 Å². The first kappa shape index (κ1) is 11.3. The molecule has 0 fully saturated rings. The van der Waals surface area contributed by atoms with Gasteiger partial charge in [0.1, 0.15) is 0 Å². The lowest BCUT2D eigenvalue weighted by atomic mass is 9.89. The number of carbonyl (C=O) groups excluding carboxylic acids is 1. The van der Waals surface area contributed by atoms with Crippen LogP contribution in [0.15, 0.2) is 12.7 Å². The zero-order valence-electron chi connectivity index (χ0n) is 9.45. The molecule has 4 heteroatoms. The van der Waals surface area contributed by atoms with Gasteiger partial charge in [-0.15, -0.1) is 11.3 Å². The van der Waals surface area contributed by atoms with Crippen molar-refractivity contribution in [3.63, 3.8) is 0 Å². The fourth-order valence-corrected chi connectivity index (χ4v) is 3.21. The third kappa shape index (κ3) is 2.16. The average Bonchev–Trinajstić information content (AvgIpc) is 2.70. The summed E-state index contributed by atoms with van der Waals surface area (Å²) >= 11 is 1.61. The molecule has 1 heterocycles. The molecule has 0 saturated carbocycles. The highest BCUT2D eigenvalue weighted by atomic mass is 32.1. The molecule has 1 atom stereocenters. The standard InChI is InChI=1S/C12H16N2OS/c1-3-8-6-5-7-9-11(8)14-12(16-9)13-10(15)4-2/h4,8H,2-3,5-7H2,1H3,(H,13,14,15). The lowest BCUT2D eigenvalue weighted by molar-refractivity contribution is -0.111. The minimum Gasteiger partial charge on any atom is -0.298 e. The van der Waals surface area contributed by atoms with E-state index in [1.54, 1.807) is 11.3 Å². The van der Waals surface area contributed by atoms with E-state index in [1.165, 1.54) is 29.5 Å². The zero-order chi connectivity index (χ0) is 11.5. The topological polar surface area (TPSA) is 42.0 Å². The number of aromatic nitrogens is 1. The van der Waals surface area contributed by atoms with Crippen LogP contribution < -0.4 is 5.32 Å². The van der Waals surface area contributed by atoms with Crippen molar-refractivity contribution < 1.29 is 4.79 Å². The number of hydrogen-bond donors (Lipinski definition) is 1. The van der Waals surface area contributed by atoms with E-state index in [2.05, 4.69) is 23.8 Å². The maximum absolute atomic E-state index is 11.2. The SMILES string of the molecule is C=CC(=O)Nc1nc2c(s1)CCCC2CC. The molecular weight excluding hydrogens is 220 g/mol. The number of amides is 1. The van der Waals surface area contributed by atoms with Crippen molar-refractivity contribution in [1.29, 1.82) is 0 Å². The summed E-state index contributed by atoms with van der Waals surface area (Å²) in [4.78, 5) is 17.1. The van der Waals surface area contributed by atoms with Gasteiger partial charge < -0.3 is 0 Å². The molecule has 1 N–H and O–H groups in total. The van der Waals surface area contributed by atoms with E-state index < -0.39 is 0 Å². The fourth-order valence-electron chi connectivity index (χ4n) is 2.11. The minimum absolute atomic E-state index is 0.181. The molecule has 0 saturated heterocycles. The third-order valence-corrected chi connectivity index (χ3v) is 4.03. The summed E-state index contributed by atoms with van der Waals surface area (Å²) in [6.07, 6.45) is 5.97. The molecule has 2 rings (SSSR count). The second-order valence-electron chi connectivity index (χ2n) is 4.02. The Morgan fingerprint density at radius 1 is 1.75 bits per heavy atom. The smallest absolute Gasteiger partial charge is 0.249 e. The third-order valence-electron chi connectivity index (χ3n) is 2.98. The first-order valence-electron chi connectivity index (χ1n) is 5.67. The second-order valence-corrected chi connectivity index (χ2v) is 5.10. The molecule has 16 heavy (non-hydrogen) atoms. The van der Waals surface area contributed by atoms with Gasteiger partial charge in [-0.05, 0) is 31.8 Å². The first-order valence-corrected chi connectivity index (χ1v) is 6.49. The summed E-state index contributed by atoms with van der Waals surface area (Å²) in [6, 6.07) is 0. The van der Waals surface area contributed by atoms with Crippen LogP contribution >= 0.6 is 11.3 Å². The second kappa shape index (κ2) is 4.78. The maximum Gasteiger partial charge on any atom is 0.249 e. The Kier molecular flexibility index (Phi) is 3.39. The Balaban J connectivity index is 2.21. The minimum atomic E-state index is -0.181. The van der Waals surface area contributed by atoms with Gasteiger partial charge in [0.15, 0.2) is 5.13 Å². The first-order chi connectivity index (χ1) is 7.74. The molecule has 1 amide bonds. The monoisotopic (exact) mass is 236 g/mol. The average molecular weight is 236 g/mol. The predicted octanol–water partition coefficient (Wildman–Crippen LogP) is 3.10. The number of nitrogens with zero attached hydrogens (tertiary/aromatic N) is 1. The van der Waals surface area contributed by atoms with Crippen LogP contribution in [-0.2, 0) is 11.2 Å². The van der Waals surface area contributed by atoms with E-state index >= 15 is 0 Å². The fraction of sp³-hybridized carbons (Fsp3) is 0.500. The molecule has 1 aromatic rings. The van der Waals surface area contributed by atoms with Gasteiger partial charge in [0.05, 0.1) is 5.69 Å². The van der Waals surface area contributed by atoms with E-state index in [0.717, 1.165) is 18.0 Å². The Labute approximate surface area is 99.6 Å². The molecule has 0 spiro atoms. The van der Waals surface area contributed by atoms with Gasteiger partial charge in [-0.2, -0.15) is 0 Å². The van der Waals surface area contributed by atoms with Crippen molar-refractivity contribution in [2.75, 3.05) is 5.32 Å². The number of nitrogens with one attached hydrogen (secondary N) is 1. The number of carbonyl (C=O) groups is 1. The van der Waals surface area contributed by atoms with Crippen molar-refractivity contribution in [1.82, 2.24) is 4.98 Å². The van der Waals surface area contributed by atoms with Crippen molar-refractivity contribution in [2.24, 2.45) is 0 Å². The molecular formula is C12H16N2OS. The molecule has 3 nitrogen and oxygen atoms in total. The Hall–Kier alpha value is -1.16. The van der Waals surface area contributed by atoms with Gasteiger partial charge in [0.2, 0.25) is 5.91 Å². The predicted molar refractivity (Wildman–Crippen MR) is 66.9 cm³/mol. The van der Waals surface area contributed by atoms with Crippen LogP contribution in [-0.4, -0.2) is 10.9 Å². The molecule has 1 unspecified atom stereocenters. The molecule has 1 aromatic heterocycles. The van der Waals surface area contributed by atoms with Crippen LogP contribution in [0.1, 0.15) is 42.7 Å². The van der Waals surface area contributed by atoms with Gasteiger partial charge >= 0.3 is 0 Å². The summed E-state index contributed by atoms with van der Waals surface area (Å²) in [5.41, 5.74) is 1.21. The van der Waals surface area contributed by atoms with E-state index in [4.69, 9.17) is 0 Å². The Morgan fingerprint density at radius 2 is 2.56 bits per heavy atom. The molecule has 0 radical (unpaired) electrons. The van der Waals surface area contributed by atoms with Gasteiger partial charge in [-0.25, -0.2) is 4.98 Å². The van der Waals surface area contributed by atoms with Gasteiger partial charge in [-0.3, -0.25) is 10.1 Å². The van der Waals surface area contributed by atoms with Crippen molar-refractivity contribution in [2.45, 2.75) is 38.5 Å². The van der Waals surface area contributed by atoms with Crippen LogP contribution in [0.25, 0.3) is 0 Å². The number of fused-ring (bicyclic) bond motifs is 1. The zero-order valence-corrected chi connectivity index (χ0v) is 10.3. The normalized spacial score (nSPS) is 18.9. The summed E-state index contributed by atoms with van der Waals surface area (Å²) in [6.45, 7) is 5.63. The largest absolute Gasteiger partial charge is 0.298 e. The van der Waals surface area contributed by atoms with Crippen molar-refractivity contribution in [3.8, 4) is 0 Å². The van der Waals surface area contributed by atoms with Crippen molar-refractivity contribution in [3.05, 3.63) is 23.2 Å². The van der Waals surface area contributed by atoms with Crippen LogP contribution in [0.5, 0.6) is 0 Å². The number of anilines is 1. The number of rotatable bonds is 3.